The highest BCUT2D eigenvalue weighted by Crippen LogP contribution is 2.22. The van der Waals surface area contributed by atoms with E-state index in [9.17, 15) is 26.7 Å². The lowest BCUT2D eigenvalue weighted by atomic mass is 10.1. The van der Waals surface area contributed by atoms with Crippen LogP contribution < -0.4 is 4.72 Å². The summed E-state index contributed by atoms with van der Waals surface area (Å²) >= 11 is 0. The second-order valence-electron chi connectivity index (χ2n) is 4.02. The van der Waals surface area contributed by atoms with Gasteiger partial charge in [0.15, 0.2) is 0 Å². The van der Waals surface area contributed by atoms with Gasteiger partial charge in [0.1, 0.15) is 6.54 Å². The number of nitrogens with zero attached hydrogens (tertiary/aromatic N) is 1. The van der Waals surface area contributed by atoms with Gasteiger partial charge in [0.05, 0.1) is 5.60 Å². The van der Waals surface area contributed by atoms with Gasteiger partial charge >= 0.3 is 6.18 Å². The van der Waals surface area contributed by atoms with Crippen LogP contribution in [0.3, 0.4) is 0 Å². The van der Waals surface area contributed by atoms with Gasteiger partial charge in [-0.2, -0.15) is 30.6 Å². The number of hydrogen-bond donors (Lipinski definition) is 2. The molecule has 0 aliphatic carbocycles. The van der Waals surface area contributed by atoms with Crippen molar-refractivity contribution in [3.05, 3.63) is 0 Å². The van der Waals surface area contributed by atoms with E-state index in [1.54, 1.807) is 0 Å². The van der Waals surface area contributed by atoms with Gasteiger partial charge in [0.2, 0.25) is 0 Å². The molecule has 0 bridgehead atoms. The molecule has 0 aromatic carbocycles. The van der Waals surface area contributed by atoms with Gasteiger partial charge < -0.3 is 5.11 Å². The lowest BCUT2D eigenvalue weighted by Crippen LogP contribution is -2.44. The van der Waals surface area contributed by atoms with E-state index in [2.05, 4.69) is 0 Å². The second kappa shape index (κ2) is 4.13. The van der Waals surface area contributed by atoms with Crippen LogP contribution >= 0.6 is 0 Å². The summed E-state index contributed by atoms with van der Waals surface area (Å²) in [6, 6.07) is 0. The van der Waals surface area contributed by atoms with Crippen molar-refractivity contribution in [3.8, 4) is 0 Å². The Hall–Kier alpha value is -0.380. The zero-order valence-electron chi connectivity index (χ0n) is 8.58. The number of β-amino-alcohol motifs (C(OH)–C–C–N with tert-alkyl or cyclic N) is 1. The van der Waals surface area contributed by atoms with Crippen molar-refractivity contribution >= 4 is 10.2 Å². The molecule has 0 radical (unpaired) electrons. The molecular weight excluding hydrogens is 249 g/mol. The molecule has 16 heavy (non-hydrogen) atoms. The Morgan fingerprint density at radius 1 is 1.50 bits per heavy atom. The third-order valence-electron chi connectivity index (χ3n) is 2.21. The Bertz CT molecular complexity index is 352. The van der Waals surface area contributed by atoms with Crippen LogP contribution in [-0.2, 0) is 10.2 Å². The van der Waals surface area contributed by atoms with Crippen molar-refractivity contribution in [1.29, 1.82) is 0 Å². The first kappa shape index (κ1) is 13.7. The molecule has 1 atom stereocenters. The highest BCUT2D eigenvalue weighted by molar-refractivity contribution is 7.87. The lowest BCUT2D eigenvalue weighted by Gasteiger charge is -2.19. The normalized spacial score (nSPS) is 28.6. The Morgan fingerprint density at radius 3 is 2.44 bits per heavy atom. The van der Waals surface area contributed by atoms with Crippen molar-refractivity contribution in [2.24, 2.45) is 0 Å². The summed E-state index contributed by atoms with van der Waals surface area (Å²) < 4.78 is 60.5. The summed E-state index contributed by atoms with van der Waals surface area (Å²) in [6.45, 7) is -0.347. The number of halogens is 3. The number of rotatable bonds is 3. The molecule has 1 unspecified atom stereocenters. The predicted octanol–water partition coefficient (Wildman–Crippen LogP) is -0.160. The van der Waals surface area contributed by atoms with Crippen molar-refractivity contribution < 1.29 is 26.7 Å². The second-order valence-corrected chi connectivity index (χ2v) is 5.78. The van der Waals surface area contributed by atoms with E-state index in [0.29, 0.717) is 0 Å². The quantitative estimate of drug-likeness (QED) is 0.742. The van der Waals surface area contributed by atoms with Gasteiger partial charge in [-0.05, 0) is 13.3 Å². The highest BCUT2D eigenvalue weighted by atomic mass is 32.2. The molecule has 0 aromatic rings. The van der Waals surface area contributed by atoms with Gasteiger partial charge in [-0.25, -0.2) is 0 Å². The first-order chi connectivity index (χ1) is 7.02. The molecule has 96 valence electrons. The van der Waals surface area contributed by atoms with E-state index < -0.39 is 28.5 Å². The van der Waals surface area contributed by atoms with E-state index in [-0.39, 0.29) is 19.5 Å². The zero-order valence-corrected chi connectivity index (χ0v) is 9.40. The summed E-state index contributed by atoms with van der Waals surface area (Å²) in [5, 5.41) is 9.50. The maximum atomic E-state index is 11.8. The van der Waals surface area contributed by atoms with Crippen LogP contribution in [0.15, 0.2) is 0 Å². The molecule has 1 fully saturated rings. The van der Waals surface area contributed by atoms with Crippen LogP contribution in [0, 0.1) is 0 Å². The van der Waals surface area contributed by atoms with E-state index >= 15 is 0 Å². The molecule has 0 amide bonds. The third kappa shape index (κ3) is 3.89. The molecule has 0 saturated carbocycles. The van der Waals surface area contributed by atoms with Crippen LogP contribution in [0.1, 0.15) is 13.3 Å². The highest BCUT2D eigenvalue weighted by Gasteiger charge is 2.39. The minimum atomic E-state index is -4.59. The minimum Gasteiger partial charge on any atom is -0.389 e. The molecule has 5 nitrogen and oxygen atoms in total. The fourth-order valence-electron chi connectivity index (χ4n) is 1.37. The standard InChI is InChI=1S/C7H13F3N2O3S/c1-6(13)2-3-12(5-6)16(14,15)11-4-7(8,9)10/h11,13H,2-5H2,1H3. The SMILES string of the molecule is CC1(O)CCN(S(=O)(=O)NCC(F)(F)F)C1. The van der Waals surface area contributed by atoms with Crippen LogP contribution in [-0.4, -0.2) is 49.2 Å². The van der Waals surface area contributed by atoms with Crippen molar-refractivity contribution in [2.45, 2.75) is 25.1 Å². The number of hydrogen-bond acceptors (Lipinski definition) is 3. The average Bonchev–Trinajstić information content (AvgIpc) is 2.42. The first-order valence-electron chi connectivity index (χ1n) is 4.56. The van der Waals surface area contributed by atoms with E-state index in [4.69, 9.17) is 0 Å². The van der Waals surface area contributed by atoms with Crippen LogP contribution in [0.25, 0.3) is 0 Å². The first-order valence-corrected chi connectivity index (χ1v) is 6.00. The molecule has 9 heteroatoms. The van der Waals surface area contributed by atoms with Crippen LogP contribution in [0.5, 0.6) is 0 Å². The van der Waals surface area contributed by atoms with Gasteiger partial charge in [-0.3, -0.25) is 0 Å². The summed E-state index contributed by atoms with van der Waals surface area (Å²) in [5.74, 6) is 0. The Morgan fingerprint density at radius 2 is 2.06 bits per heavy atom. The summed E-state index contributed by atoms with van der Waals surface area (Å²) in [7, 11) is -4.16. The summed E-state index contributed by atoms with van der Waals surface area (Å²) in [6.07, 6.45) is -4.38. The number of aliphatic hydroxyl groups is 1. The van der Waals surface area contributed by atoms with E-state index in [1.807, 2.05) is 0 Å². The fraction of sp³-hybridized carbons (Fsp3) is 1.00. The Kier molecular flexibility index (Phi) is 3.53. The van der Waals surface area contributed by atoms with Gasteiger partial charge in [0, 0.05) is 13.1 Å². The average molecular weight is 262 g/mol. The van der Waals surface area contributed by atoms with Crippen molar-refractivity contribution in [2.75, 3.05) is 19.6 Å². The number of alkyl halides is 3. The Balaban J connectivity index is 2.59. The van der Waals surface area contributed by atoms with Gasteiger partial charge in [-0.1, -0.05) is 0 Å². The van der Waals surface area contributed by atoms with Gasteiger partial charge in [0.25, 0.3) is 10.2 Å². The third-order valence-corrected chi connectivity index (χ3v) is 3.71. The minimum absolute atomic E-state index is 0.0141. The largest absolute Gasteiger partial charge is 0.402 e. The van der Waals surface area contributed by atoms with E-state index in [0.717, 1.165) is 4.31 Å². The fourth-order valence-corrected chi connectivity index (χ4v) is 2.68. The molecule has 0 aromatic heterocycles. The van der Waals surface area contributed by atoms with Gasteiger partial charge in [-0.15, -0.1) is 0 Å². The molecule has 2 N–H and O–H groups in total. The number of nitrogens with one attached hydrogen (secondary N) is 1. The summed E-state index contributed by atoms with van der Waals surface area (Å²) in [4.78, 5) is 0. The molecule has 0 spiro atoms. The van der Waals surface area contributed by atoms with Crippen LogP contribution in [0.4, 0.5) is 13.2 Å². The zero-order chi connectivity index (χ0) is 12.6. The Labute approximate surface area is 91.4 Å². The summed E-state index contributed by atoms with van der Waals surface area (Å²) in [5.41, 5.74) is -1.17. The maximum absolute atomic E-state index is 11.8. The van der Waals surface area contributed by atoms with Crippen molar-refractivity contribution in [1.82, 2.24) is 9.03 Å². The molecule has 1 heterocycles. The molecule has 1 aliphatic heterocycles. The monoisotopic (exact) mass is 262 g/mol. The topological polar surface area (TPSA) is 69.6 Å². The van der Waals surface area contributed by atoms with Crippen molar-refractivity contribution in [3.63, 3.8) is 0 Å². The predicted molar refractivity (Wildman–Crippen MR) is 49.8 cm³/mol. The molecular formula is C7H13F3N2O3S. The molecule has 1 rings (SSSR count). The smallest absolute Gasteiger partial charge is 0.389 e. The van der Waals surface area contributed by atoms with Crippen LogP contribution in [0.2, 0.25) is 0 Å². The van der Waals surface area contributed by atoms with E-state index in [1.165, 1.54) is 11.6 Å². The molecule has 1 saturated heterocycles. The maximum Gasteiger partial charge on any atom is 0.402 e. The molecule has 1 aliphatic rings. The lowest BCUT2D eigenvalue weighted by molar-refractivity contribution is -0.121.